The Labute approximate surface area is 306 Å². The van der Waals surface area contributed by atoms with Crippen LogP contribution in [0.5, 0.6) is 0 Å². The fourth-order valence-corrected chi connectivity index (χ4v) is 14.0. The van der Waals surface area contributed by atoms with Crippen LogP contribution in [0.2, 0.25) is 0 Å². The predicted molar refractivity (Wildman–Crippen MR) is 188 cm³/mol. The third-order valence-corrected chi connectivity index (χ3v) is 16.3. The standard InChI is InChI=1S/C41H60F2N2O7/c1-22-15-26(34(47)37(4,5)49)51-33-32(22)38(6)11-12-40-21-39(40)10-9-29(36(2,3)27(39)7-8-28(40)41(38,44)35(33)48)52-31-20-45(13-14-50-31)30(46)18-23-16-24(42)19-25(43)17-23/h16-17,19,22,26-29,31-35,47-49H,7-15,18,20-21,44H2,1-6H3/t22-,26?,27+,28?,29?,31?,32+,33-,34?,35+,38?,39?,40?,41+/m1/s1. The number of benzene rings is 1. The number of hydrogen-bond donors (Lipinski definition) is 4. The molecule has 7 aliphatic rings. The maximum atomic E-state index is 13.8. The van der Waals surface area contributed by atoms with E-state index < -0.39 is 53.5 Å². The van der Waals surface area contributed by atoms with E-state index in [2.05, 4.69) is 27.7 Å². The molecule has 1 amide bonds. The van der Waals surface area contributed by atoms with E-state index in [1.54, 1.807) is 18.7 Å². The Kier molecular flexibility index (Phi) is 8.68. The molecule has 2 saturated heterocycles. The van der Waals surface area contributed by atoms with Gasteiger partial charge in [-0.1, -0.05) is 27.7 Å². The lowest BCUT2D eigenvalue weighted by Gasteiger charge is -2.63. The normalized spacial score (nSPS) is 47.0. The van der Waals surface area contributed by atoms with Gasteiger partial charge >= 0.3 is 0 Å². The van der Waals surface area contributed by atoms with E-state index in [4.69, 9.17) is 19.9 Å². The van der Waals surface area contributed by atoms with Crippen LogP contribution in [-0.4, -0.2) is 93.8 Å². The summed E-state index contributed by atoms with van der Waals surface area (Å²) in [7, 11) is 0. The molecule has 2 heterocycles. The van der Waals surface area contributed by atoms with E-state index in [-0.39, 0.29) is 64.4 Å². The number of nitrogens with two attached hydrogens (primary N) is 1. The third kappa shape index (κ3) is 5.18. The number of rotatable bonds is 6. The first-order chi connectivity index (χ1) is 24.3. The van der Waals surface area contributed by atoms with Gasteiger partial charge in [0.05, 0.1) is 55.1 Å². The van der Waals surface area contributed by atoms with Crippen molar-refractivity contribution < 1.29 is 43.1 Å². The van der Waals surface area contributed by atoms with Crippen LogP contribution in [0.25, 0.3) is 0 Å². The quantitative estimate of drug-likeness (QED) is 0.331. The maximum Gasteiger partial charge on any atom is 0.227 e. The molecule has 0 radical (unpaired) electrons. The Morgan fingerprint density at radius 3 is 2.44 bits per heavy atom. The minimum absolute atomic E-state index is 0.0527. The van der Waals surface area contributed by atoms with Gasteiger partial charge in [0.2, 0.25) is 5.91 Å². The zero-order valence-electron chi connectivity index (χ0n) is 31.7. The topological polar surface area (TPSA) is 135 Å². The molecule has 1 aromatic carbocycles. The summed E-state index contributed by atoms with van der Waals surface area (Å²) < 4.78 is 46.9. The molecule has 8 rings (SSSR count). The van der Waals surface area contributed by atoms with Crippen molar-refractivity contribution in [3.63, 3.8) is 0 Å². The van der Waals surface area contributed by atoms with Crippen LogP contribution in [0.4, 0.5) is 8.78 Å². The largest absolute Gasteiger partial charge is 0.388 e. The first-order valence-corrected chi connectivity index (χ1v) is 19.8. The SMILES string of the molecule is C[C@@H]1CC(C(O)C(C)(C)O)O[C@@H]2[C@H]1C1(C)CCC34CC35CCC(OC3CN(C(=O)Cc6cc(F)cc(F)c6)CCO3)C(C)(C)[C@@H]5CCC4[C@]1(N)[C@H]2O. The van der Waals surface area contributed by atoms with Gasteiger partial charge in [0.15, 0.2) is 6.29 Å². The van der Waals surface area contributed by atoms with Gasteiger partial charge in [-0.2, -0.15) is 0 Å². The maximum absolute atomic E-state index is 13.8. The monoisotopic (exact) mass is 730 g/mol. The lowest BCUT2D eigenvalue weighted by molar-refractivity contribution is -0.245. The van der Waals surface area contributed by atoms with Crippen LogP contribution in [0.1, 0.15) is 98.5 Å². The zero-order chi connectivity index (χ0) is 37.4. The van der Waals surface area contributed by atoms with Crippen LogP contribution in [0.15, 0.2) is 18.2 Å². The average molecular weight is 731 g/mol. The van der Waals surface area contributed by atoms with E-state index in [1.165, 1.54) is 12.1 Å². The summed E-state index contributed by atoms with van der Waals surface area (Å²) in [6, 6.07) is 3.20. The van der Waals surface area contributed by atoms with E-state index >= 15 is 0 Å². The Morgan fingerprint density at radius 1 is 1.08 bits per heavy atom. The van der Waals surface area contributed by atoms with Crippen molar-refractivity contribution >= 4 is 5.91 Å². The van der Waals surface area contributed by atoms with Gasteiger partial charge in [-0.15, -0.1) is 0 Å². The van der Waals surface area contributed by atoms with Crippen molar-refractivity contribution in [1.29, 1.82) is 0 Å². The minimum atomic E-state index is -1.32. The summed E-state index contributed by atoms with van der Waals surface area (Å²) in [6.07, 6.45) is 3.85. The second-order valence-corrected chi connectivity index (χ2v) is 19.5. The summed E-state index contributed by atoms with van der Waals surface area (Å²) in [6.45, 7) is 13.4. The Bertz CT molecular complexity index is 1570. The molecule has 7 fully saturated rings. The van der Waals surface area contributed by atoms with Crippen LogP contribution in [-0.2, 0) is 25.4 Å². The van der Waals surface area contributed by atoms with Gasteiger partial charge < -0.3 is 40.2 Å². The fraction of sp³-hybridized carbons (Fsp3) is 0.829. The van der Waals surface area contributed by atoms with E-state index in [9.17, 15) is 28.9 Å². The second-order valence-electron chi connectivity index (χ2n) is 19.5. The summed E-state index contributed by atoms with van der Waals surface area (Å²) in [5, 5.41) is 34.0. The van der Waals surface area contributed by atoms with Gasteiger partial charge in [-0.05, 0) is 128 Å². The molecule has 2 spiro atoms. The van der Waals surface area contributed by atoms with Gasteiger partial charge in [-0.25, -0.2) is 8.78 Å². The third-order valence-electron chi connectivity index (χ3n) is 16.3. The van der Waals surface area contributed by atoms with Crippen LogP contribution >= 0.6 is 0 Å². The van der Waals surface area contributed by atoms with Gasteiger partial charge in [0.25, 0.3) is 0 Å². The average Bonchev–Trinajstić information content (AvgIpc) is 3.69. The lowest BCUT2D eigenvalue weighted by Crippen LogP contribution is -2.70. The zero-order valence-corrected chi connectivity index (χ0v) is 31.7. The minimum Gasteiger partial charge on any atom is -0.388 e. The predicted octanol–water partition coefficient (Wildman–Crippen LogP) is 4.71. The number of amides is 1. The Balaban J connectivity index is 0.974. The highest BCUT2D eigenvalue weighted by atomic mass is 19.1. The molecular weight excluding hydrogens is 670 g/mol. The highest BCUT2D eigenvalue weighted by molar-refractivity contribution is 5.78. The van der Waals surface area contributed by atoms with E-state index in [0.29, 0.717) is 31.1 Å². The first-order valence-electron chi connectivity index (χ1n) is 19.8. The smallest absolute Gasteiger partial charge is 0.227 e. The number of aliphatic hydroxyl groups excluding tert-OH is 2. The molecule has 290 valence electrons. The molecular formula is C41H60F2N2O7. The molecule has 11 heteroatoms. The summed E-state index contributed by atoms with van der Waals surface area (Å²) in [5.74, 6) is -0.790. The van der Waals surface area contributed by atoms with Crippen LogP contribution in [0, 0.1) is 57.0 Å². The molecule has 2 aliphatic heterocycles. The number of carbonyl (C=O) groups is 1. The molecule has 14 atom stereocenters. The molecule has 5 aliphatic carbocycles. The number of halogens is 2. The second kappa shape index (κ2) is 12.1. The molecule has 0 bridgehead atoms. The number of nitrogens with zero attached hydrogens (tertiary/aromatic N) is 1. The number of aliphatic hydroxyl groups is 3. The van der Waals surface area contributed by atoms with Gasteiger partial charge in [0, 0.05) is 12.6 Å². The van der Waals surface area contributed by atoms with Crippen molar-refractivity contribution in [1.82, 2.24) is 4.90 Å². The van der Waals surface area contributed by atoms with Crippen molar-refractivity contribution in [2.45, 2.75) is 147 Å². The molecule has 5 saturated carbocycles. The molecule has 52 heavy (non-hydrogen) atoms. The van der Waals surface area contributed by atoms with Crippen molar-refractivity contribution in [3.05, 3.63) is 35.4 Å². The van der Waals surface area contributed by atoms with E-state index in [0.717, 1.165) is 51.0 Å². The van der Waals surface area contributed by atoms with Crippen molar-refractivity contribution in [2.75, 3.05) is 19.7 Å². The summed E-state index contributed by atoms with van der Waals surface area (Å²) in [4.78, 5) is 14.9. The molecule has 8 unspecified atom stereocenters. The summed E-state index contributed by atoms with van der Waals surface area (Å²) >= 11 is 0. The number of hydrogen-bond acceptors (Lipinski definition) is 8. The number of morpholine rings is 1. The van der Waals surface area contributed by atoms with E-state index in [1.807, 2.05) is 0 Å². The Hall–Kier alpha value is -1.73. The van der Waals surface area contributed by atoms with Gasteiger partial charge in [0.1, 0.15) is 17.7 Å². The fourth-order valence-electron chi connectivity index (χ4n) is 14.0. The van der Waals surface area contributed by atoms with Gasteiger partial charge in [-0.3, -0.25) is 4.79 Å². The highest BCUT2D eigenvalue weighted by Crippen LogP contribution is 2.87. The molecule has 5 N–H and O–H groups in total. The molecule has 1 aromatic rings. The highest BCUT2D eigenvalue weighted by Gasteiger charge is 2.85. The Morgan fingerprint density at radius 2 is 1.75 bits per heavy atom. The number of ether oxygens (including phenoxy) is 3. The number of fused-ring (bicyclic) bond motifs is 4. The van der Waals surface area contributed by atoms with Crippen LogP contribution < -0.4 is 5.73 Å². The van der Waals surface area contributed by atoms with Crippen molar-refractivity contribution in [2.24, 2.45) is 51.1 Å². The molecule has 9 nitrogen and oxygen atoms in total. The van der Waals surface area contributed by atoms with Crippen LogP contribution in [0.3, 0.4) is 0 Å². The lowest BCUT2D eigenvalue weighted by atomic mass is 9.43. The molecule has 0 aromatic heterocycles. The van der Waals surface area contributed by atoms with Crippen molar-refractivity contribution in [3.8, 4) is 0 Å². The summed E-state index contributed by atoms with van der Waals surface area (Å²) in [5.41, 5.74) is 5.60. The number of carbonyl (C=O) groups excluding carboxylic acids is 1. The first kappa shape index (κ1) is 37.2.